The molecule has 0 aliphatic carbocycles. The lowest BCUT2D eigenvalue weighted by Gasteiger charge is -2.33. The van der Waals surface area contributed by atoms with Crippen LogP contribution in [-0.4, -0.2) is 65.5 Å². The van der Waals surface area contributed by atoms with Gasteiger partial charge in [0.2, 0.25) is 5.91 Å². The van der Waals surface area contributed by atoms with Crippen molar-refractivity contribution >= 4 is 27.5 Å². The van der Waals surface area contributed by atoms with Crippen molar-refractivity contribution in [1.82, 2.24) is 25.1 Å². The maximum Gasteiger partial charge on any atom is 0.285 e. The summed E-state index contributed by atoms with van der Waals surface area (Å²) < 4.78 is 35.9. The molecule has 0 bridgehead atoms. The molecule has 1 fully saturated rings. The second kappa shape index (κ2) is 8.52. The number of aromatic nitrogens is 4. The van der Waals surface area contributed by atoms with Gasteiger partial charge in [-0.2, -0.15) is 13.1 Å². The summed E-state index contributed by atoms with van der Waals surface area (Å²) in [6, 6.07) is 12.0. The Morgan fingerprint density at radius 3 is 2.79 bits per heavy atom. The first-order chi connectivity index (χ1) is 16.4. The predicted molar refractivity (Wildman–Crippen MR) is 124 cm³/mol. The van der Waals surface area contributed by atoms with Crippen LogP contribution in [0.25, 0.3) is 5.69 Å². The summed E-state index contributed by atoms with van der Waals surface area (Å²) >= 11 is 0. The maximum absolute atomic E-state index is 13.1. The van der Waals surface area contributed by atoms with Crippen LogP contribution in [0.15, 0.2) is 51.8 Å². The van der Waals surface area contributed by atoms with Crippen molar-refractivity contribution in [3.05, 3.63) is 53.9 Å². The number of piperidine rings is 1. The normalized spacial score (nSPS) is 18.8. The van der Waals surface area contributed by atoms with E-state index < -0.39 is 10.0 Å². The number of ether oxygens (including phenoxy) is 1. The molecule has 1 unspecified atom stereocenters. The fourth-order valence-corrected chi connectivity index (χ4v) is 5.56. The van der Waals surface area contributed by atoms with Gasteiger partial charge in [0.05, 0.1) is 13.0 Å². The molecule has 3 heterocycles. The number of aryl methyl sites for hydroxylation is 1. The van der Waals surface area contributed by atoms with Crippen LogP contribution in [0.1, 0.15) is 24.2 Å². The predicted octanol–water partition coefficient (Wildman–Crippen LogP) is 1.78. The zero-order valence-corrected chi connectivity index (χ0v) is 19.5. The number of amides is 1. The van der Waals surface area contributed by atoms with Gasteiger partial charge in [-0.3, -0.25) is 4.79 Å². The molecule has 2 aliphatic rings. The van der Waals surface area contributed by atoms with Gasteiger partial charge in [-0.25, -0.2) is 0 Å². The van der Waals surface area contributed by atoms with Gasteiger partial charge >= 0.3 is 0 Å². The minimum absolute atomic E-state index is 0.149. The number of hydrogen-bond acceptors (Lipinski definition) is 8. The Balaban J connectivity index is 1.35. The number of methoxy groups -OCH3 is 1. The summed E-state index contributed by atoms with van der Waals surface area (Å²) in [5, 5.41) is 14.5. The van der Waals surface area contributed by atoms with E-state index in [1.165, 1.54) is 4.68 Å². The number of nitrogens with one attached hydrogen (secondary N) is 1. The lowest BCUT2D eigenvalue weighted by molar-refractivity contribution is -0.121. The van der Waals surface area contributed by atoms with Crippen molar-refractivity contribution in [2.75, 3.05) is 25.5 Å². The van der Waals surface area contributed by atoms with Gasteiger partial charge < -0.3 is 15.0 Å². The van der Waals surface area contributed by atoms with Crippen molar-refractivity contribution in [2.24, 2.45) is 10.3 Å². The van der Waals surface area contributed by atoms with Crippen molar-refractivity contribution < 1.29 is 17.9 Å². The second-order valence-electron chi connectivity index (χ2n) is 8.19. The Labute approximate surface area is 196 Å². The van der Waals surface area contributed by atoms with E-state index >= 15 is 0 Å². The Morgan fingerprint density at radius 2 is 2.03 bits per heavy atom. The number of amidine groups is 1. The maximum atomic E-state index is 13.1. The van der Waals surface area contributed by atoms with Crippen molar-refractivity contribution in [1.29, 1.82) is 0 Å². The summed E-state index contributed by atoms with van der Waals surface area (Å²) in [5.74, 6) is 1.08. The topological polar surface area (TPSA) is 132 Å². The number of nitrogens with zero attached hydrogens (tertiary/aromatic N) is 6. The number of tetrazole rings is 1. The van der Waals surface area contributed by atoms with Crippen LogP contribution >= 0.6 is 0 Å². The molecule has 1 aromatic heterocycles. The Kier molecular flexibility index (Phi) is 5.52. The third-order valence-corrected chi connectivity index (χ3v) is 7.33. The minimum Gasteiger partial charge on any atom is -0.494 e. The number of fused-ring (bicyclic) bond motifs is 1. The third-order valence-electron chi connectivity index (χ3n) is 6.00. The van der Waals surface area contributed by atoms with Gasteiger partial charge in [-0.1, -0.05) is 12.1 Å². The fourth-order valence-electron chi connectivity index (χ4n) is 4.33. The first-order valence-corrected chi connectivity index (χ1v) is 12.2. The number of carbonyl (C=O) groups is 1. The molecule has 0 radical (unpaired) electrons. The molecule has 1 amide bonds. The van der Waals surface area contributed by atoms with Crippen LogP contribution in [-0.2, 0) is 14.8 Å². The zero-order chi connectivity index (χ0) is 23.9. The molecule has 11 nitrogen and oxygen atoms in total. The van der Waals surface area contributed by atoms with E-state index in [9.17, 15) is 13.2 Å². The molecule has 1 N–H and O–H groups in total. The molecule has 2 aliphatic heterocycles. The quantitative estimate of drug-likeness (QED) is 0.596. The van der Waals surface area contributed by atoms with Crippen LogP contribution in [0.4, 0.5) is 5.69 Å². The largest absolute Gasteiger partial charge is 0.494 e. The molecule has 1 saturated heterocycles. The van der Waals surface area contributed by atoms with E-state index in [2.05, 4.69) is 25.2 Å². The first kappa shape index (κ1) is 22.0. The van der Waals surface area contributed by atoms with Gasteiger partial charge in [-0.15, -0.1) is 9.50 Å². The van der Waals surface area contributed by atoms with E-state index in [4.69, 9.17) is 4.74 Å². The molecule has 1 atom stereocenters. The number of rotatable bonds is 4. The van der Waals surface area contributed by atoms with Gasteiger partial charge in [0.15, 0.2) is 11.7 Å². The number of sulfonamides is 1. The summed E-state index contributed by atoms with van der Waals surface area (Å²) in [6.45, 7) is 2.78. The van der Waals surface area contributed by atoms with Crippen LogP contribution < -0.4 is 10.1 Å². The molecule has 34 heavy (non-hydrogen) atoms. The average molecular weight is 482 g/mol. The smallest absolute Gasteiger partial charge is 0.285 e. The van der Waals surface area contributed by atoms with E-state index in [1.807, 2.05) is 4.90 Å². The highest BCUT2D eigenvalue weighted by Crippen LogP contribution is 2.31. The number of anilines is 1. The Hall–Kier alpha value is -3.80. The minimum atomic E-state index is -3.71. The molecule has 0 spiro atoms. The van der Waals surface area contributed by atoms with Crippen LogP contribution in [0.3, 0.4) is 0 Å². The van der Waals surface area contributed by atoms with Crippen molar-refractivity contribution in [3.63, 3.8) is 0 Å². The number of carbonyl (C=O) groups excluding carboxylic acids is 1. The van der Waals surface area contributed by atoms with Gasteiger partial charge in [0, 0.05) is 24.3 Å². The average Bonchev–Trinajstić information content (AvgIpc) is 3.39. The monoisotopic (exact) mass is 481 g/mol. The summed E-state index contributed by atoms with van der Waals surface area (Å²) in [5.41, 5.74) is 1.77. The fraction of sp³-hybridized carbons (Fsp3) is 0.318. The van der Waals surface area contributed by atoms with E-state index in [0.29, 0.717) is 53.9 Å². The summed E-state index contributed by atoms with van der Waals surface area (Å²) in [6.07, 6.45) is 1.44. The second-order valence-corrected chi connectivity index (χ2v) is 9.76. The number of likely N-dealkylation sites (tertiary alicyclic amines) is 1. The van der Waals surface area contributed by atoms with E-state index in [1.54, 1.807) is 56.5 Å². The Morgan fingerprint density at radius 1 is 1.21 bits per heavy atom. The molecule has 5 rings (SSSR count). The van der Waals surface area contributed by atoms with Crippen LogP contribution in [0.5, 0.6) is 5.75 Å². The molecular formula is C22H23N7O4S. The zero-order valence-electron chi connectivity index (χ0n) is 18.7. The lowest BCUT2D eigenvalue weighted by atomic mass is 9.96. The molecule has 3 aromatic rings. The van der Waals surface area contributed by atoms with Gasteiger partial charge in [0.1, 0.15) is 16.3 Å². The van der Waals surface area contributed by atoms with E-state index in [0.717, 1.165) is 6.42 Å². The molecule has 176 valence electrons. The molecular weight excluding hydrogens is 458 g/mol. The highest BCUT2D eigenvalue weighted by molar-refractivity contribution is 7.90. The SMILES string of the molecule is COc1ccc(NC(=O)C2CCCN(C3=NS(=O)(=O)c4ccccc43)C2)cc1-n1nnnc1C. The van der Waals surface area contributed by atoms with Gasteiger partial charge in [-0.05, 0) is 60.5 Å². The Bertz CT molecular complexity index is 1400. The molecule has 0 saturated carbocycles. The van der Waals surface area contributed by atoms with Crippen molar-refractivity contribution in [2.45, 2.75) is 24.7 Å². The molecule has 2 aromatic carbocycles. The number of benzene rings is 2. The lowest BCUT2D eigenvalue weighted by Crippen LogP contribution is -2.43. The molecule has 12 heteroatoms. The summed E-state index contributed by atoms with van der Waals surface area (Å²) in [7, 11) is -2.16. The third kappa shape index (κ3) is 3.89. The van der Waals surface area contributed by atoms with Crippen molar-refractivity contribution in [3.8, 4) is 11.4 Å². The highest BCUT2D eigenvalue weighted by Gasteiger charge is 2.35. The highest BCUT2D eigenvalue weighted by atomic mass is 32.2. The summed E-state index contributed by atoms with van der Waals surface area (Å²) in [4.78, 5) is 15.2. The number of hydrogen-bond donors (Lipinski definition) is 1. The van der Waals surface area contributed by atoms with E-state index in [-0.39, 0.29) is 16.7 Å². The van der Waals surface area contributed by atoms with Crippen LogP contribution in [0.2, 0.25) is 0 Å². The van der Waals surface area contributed by atoms with Gasteiger partial charge in [0.25, 0.3) is 10.0 Å². The van der Waals surface area contributed by atoms with Crippen LogP contribution in [0, 0.1) is 12.8 Å². The standard InChI is InChI=1S/C22H23N7O4S/c1-14-24-26-27-29(14)18-12-16(9-10-19(18)33-2)23-22(30)15-6-5-11-28(13-15)21-17-7-3-4-8-20(17)34(31,32)25-21/h3-4,7-10,12,15H,5-6,11,13H2,1-2H3,(H,23,30). The first-order valence-electron chi connectivity index (χ1n) is 10.8.